The van der Waals surface area contributed by atoms with Gasteiger partial charge in [-0.1, -0.05) is 12.1 Å². The lowest BCUT2D eigenvalue weighted by atomic mass is 10.1. The Morgan fingerprint density at radius 2 is 2.08 bits per heavy atom. The maximum Gasteiger partial charge on any atom is 0.161 e. The third-order valence-corrected chi connectivity index (χ3v) is 1.98. The monoisotopic (exact) mass is 182 g/mol. The van der Waals surface area contributed by atoms with Crippen LogP contribution in [0.5, 0.6) is 0 Å². The molecule has 13 heavy (non-hydrogen) atoms. The van der Waals surface area contributed by atoms with Gasteiger partial charge < -0.3 is 9.47 Å². The molecule has 0 saturated carbocycles. The van der Waals surface area contributed by atoms with Gasteiger partial charge in [0, 0.05) is 6.42 Å². The summed E-state index contributed by atoms with van der Waals surface area (Å²) in [5, 5.41) is 0. The second kappa shape index (κ2) is 3.85. The second-order valence-electron chi connectivity index (χ2n) is 3.01. The maximum atomic E-state index is 12.8. The van der Waals surface area contributed by atoms with Gasteiger partial charge in [0.2, 0.25) is 0 Å². The van der Waals surface area contributed by atoms with Crippen LogP contribution in [-0.2, 0) is 15.9 Å². The van der Waals surface area contributed by atoms with Crippen LogP contribution in [0.2, 0.25) is 0 Å². The molecule has 1 saturated heterocycles. The number of hydrogen-bond donors (Lipinski definition) is 0. The average Bonchev–Trinajstić information content (AvgIpc) is 2.57. The lowest BCUT2D eigenvalue weighted by molar-refractivity contribution is -0.0400. The third-order valence-electron chi connectivity index (χ3n) is 1.98. The highest BCUT2D eigenvalue weighted by molar-refractivity contribution is 5.16. The third kappa shape index (κ3) is 2.26. The molecule has 1 heterocycles. The van der Waals surface area contributed by atoms with E-state index in [9.17, 15) is 4.39 Å². The first-order valence-electron chi connectivity index (χ1n) is 4.32. The van der Waals surface area contributed by atoms with Crippen molar-refractivity contribution in [1.82, 2.24) is 0 Å². The van der Waals surface area contributed by atoms with E-state index in [4.69, 9.17) is 9.47 Å². The van der Waals surface area contributed by atoms with E-state index in [1.165, 1.54) is 12.1 Å². The lowest BCUT2D eigenvalue weighted by Gasteiger charge is -2.08. The fraction of sp³-hybridized carbons (Fsp3) is 0.400. The quantitative estimate of drug-likeness (QED) is 0.693. The van der Waals surface area contributed by atoms with Crippen LogP contribution in [0.1, 0.15) is 5.56 Å². The van der Waals surface area contributed by atoms with Crippen LogP contribution in [0.15, 0.2) is 24.3 Å². The number of ether oxygens (including phenoxy) is 2. The van der Waals surface area contributed by atoms with Crippen molar-refractivity contribution in [3.63, 3.8) is 0 Å². The van der Waals surface area contributed by atoms with Crippen LogP contribution >= 0.6 is 0 Å². The first-order valence-corrected chi connectivity index (χ1v) is 4.32. The number of hydrogen-bond acceptors (Lipinski definition) is 2. The highest BCUT2D eigenvalue weighted by Crippen LogP contribution is 2.12. The molecule has 70 valence electrons. The zero-order valence-corrected chi connectivity index (χ0v) is 7.20. The van der Waals surface area contributed by atoms with E-state index in [1.54, 1.807) is 6.07 Å². The Morgan fingerprint density at radius 3 is 2.77 bits per heavy atom. The summed E-state index contributed by atoms with van der Waals surface area (Å²) in [5.41, 5.74) is 0.909. The Morgan fingerprint density at radius 1 is 1.31 bits per heavy atom. The average molecular weight is 182 g/mol. The van der Waals surface area contributed by atoms with Crippen LogP contribution in [0.3, 0.4) is 0 Å². The molecule has 0 spiro atoms. The van der Waals surface area contributed by atoms with Gasteiger partial charge in [0.15, 0.2) is 6.29 Å². The minimum absolute atomic E-state index is 0.193. The van der Waals surface area contributed by atoms with Gasteiger partial charge in [0.05, 0.1) is 13.2 Å². The Kier molecular flexibility index (Phi) is 2.57. The fourth-order valence-electron chi connectivity index (χ4n) is 1.38. The molecule has 2 nitrogen and oxygen atoms in total. The van der Waals surface area contributed by atoms with E-state index in [0.29, 0.717) is 19.6 Å². The van der Waals surface area contributed by atoms with E-state index in [1.807, 2.05) is 6.07 Å². The Hall–Kier alpha value is -0.930. The summed E-state index contributed by atoms with van der Waals surface area (Å²) in [6.07, 6.45) is 0.430. The second-order valence-corrected chi connectivity index (χ2v) is 3.01. The molecule has 0 aliphatic carbocycles. The Labute approximate surface area is 76.3 Å². The van der Waals surface area contributed by atoms with Crippen molar-refractivity contribution in [2.75, 3.05) is 13.2 Å². The van der Waals surface area contributed by atoms with Crippen LogP contribution in [0, 0.1) is 5.82 Å². The highest BCUT2D eigenvalue weighted by atomic mass is 19.1. The summed E-state index contributed by atoms with van der Waals surface area (Å²) in [7, 11) is 0. The molecular weight excluding hydrogens is 171 g/mol. The number of rotatable bonds is 2. The van der Waals surface area contributed by atoms with E-state index >= 15 is 0 Å². The molecule has 3 heteroatoms. The zero-order chi connectivity index (χ0) is 9.10. The Bertz CT molecular complexity index is 282. The molecule has 0 N–H and O–H groups in total. The van der Waals surface area contributed by atoms with E-state index < -0.39 is 0 Å². The standard InChI is InChI=1S/C10H11FO2/c11-9-3-1-2-8(6-9)7-10-12-4-5-13-10/h1-3,6,10H,4-5,7H2. The predicted molar refractivity (Wildman–Crippen MR) is 45.8 cm³/mol. The molecule has 1 fully saturated rings. The van der Waals surface area contributed by atoms with Crippen molar-refractivity contribution in [2.45, 2.75) is 12.7 Å². The molecule has 1 aliphatic heterocycles. The van der Waals surface area contributed by atoms with Crippen molar-refractivity contribution in [3.8, 4) is 0 Å². The lowest BCUT2D eigenvalue weighted by Crippen LogP contribution is -2.11. The van der Waals surface area contributed by atoms with Crippen LogP contribution in [0.25, 0.3) is 0 Å². The van der Waals surface area contributed by atoms with E-state index in [0.717, 1.165) is 5.56 Å². The maximum absolute atomic E-state index is 12.8. The van der Waals surface area contributed by atoms with Gasteiger partial charge in [0.25, 0.3) is 0 Å². The fourth-order valence-corrected chi connectivity index (χ4v) is 1.38. The van der Waals surface area contributed by atoms with Gasteiger partial charge in [-0.05, 0) is 17.7 Å². The van der Waals surface area contributed by atoms with Gasteiger partial charge in [-0.3, -0.25) is 0 Å². The minimum Gasteiger partial charge on any atom is -0.350 e. The molecule has 0 amide bonds. The minimum atomic E-state index is -0.213. The van der Waals surface area contributed by atoms with Crippen LogP contribution in [-0.4, -0.2) is 19.5 Å². The molecule has 0 aromatic heterocycles. The van der Waals surface area contributed by atoms with Gasteiger partial charge in [0.1, 0.15) is 5.82 Å². The summed E-state index contributed by atoms with van der Waals surface area (Å²) in [6, 6.07) is 6.50. The molecular formula is C10H11FO2. The molecule has 2 rings (SSSR count). The molecule has 0 radical (unpaired) electrons. The van der Waals surface area contributed by atoms with Crippen molar-refractivity contribution < 1.29 is 13.9 Å². The molecule has 0 unspecified atom stereocenters. The van der Waals surface area contributed by atoms with Crippen LogP contribution in [0.4, 0.5) is 4.39 Å². The summed E-state index contributed by atoms with van der Waals surface area (Å²) in [5.74, 6) is -0.213. The largest absolute Gasteiger partial charge is 0.350 e. The molecule has 1 aliphatic rings. The molecule has 1 aromatic carbocycles. The summed E-state index contributed by atoms with van der Waals surface area (Å²) >= 11 is 0. The van der Waals surface area contributed by atoms with Crippen molar-refractivity contribution in [3.05, 3.63) is 35.6 Å². The van der Waals surface area contributed by atoms with E-state index in [-0.39, 0.29) is 12.1 Å². The van der Waals surface area contributed by atoms with E-state index in [2.05, 4.69) is 0 Å². The number of halogens is 1. The van der Waals surface area contributed by atoms with Crippen LogP contribution < -0.4 is 0 Å². The van der Waals surface area contributed by atoms with Crippen molar-refractivity contribution in [2.24, 2.45) is 0 Å². The first-order chi connectivity index (χ1) is 6.34. The normalized spacial score (nSPS) is 17.9. The van der Waals surface area contributed by atoms with Crippen molar-refractivity contribution in [1.29, 1.82) is 0 Å². The zero-order valence-electron chi connectivity index (χ0n) is 7.20. The molecule has 0 atom stereocenters. The SMILES string of the molecule is Fc1cccc(CC2OCCO2)c1. The Balaban J connectivity index is 2.00. The summed E-state index contributed by atoms with van der Waals surface area (Å²) in [6.45, 7) is 1.28. The smallest absolute Gasteiger partial charge is 0.161 e. The topological polar surface area (TPSA) is 18.5 Å². The highest BCUT2D eigenvalue weighted by Gasteiger charge is 2.16. The first kappa shape index (κ1) is 8.66. The van der Waals surface area contributed by atoms with Crippen molar-refractivity contribution >= 4 is 0 Å². The molecule has 1 aromatic rings. The summed E-state index contributed by atoms with van der Waals surface area (Å²) in [4.78, 5) is 0. The summed E-state index contributed by atoms with van der Waals surface area (Å²) < 4.78 is 23.3. The molecule has 0 bridgehead atoms. The van der Waals surface area contributed by atoms with Gasteiger partial charge >= 0.3 is 0 Å². The van der Waals surface area contributed by atoms with Gasteiger partial charge in [-0.2, -0.15) is 0 Å². The predicted octanol–water partition coefficient (Wildman–Crippen LogP) is 1.74. The van der Waals surface area contributed by atoms with Gasteiger partial charge in [-0.15, -0.1) is 0 Å². The van der Waals surface area contributed by atoms with Gasteiger partial charge in [-0.25, -0.2) is 4.39 Å². The number of benzene rings is 1.